The minimum atomic E-state index is -3.79. The number of fused-ring (bicyclic) bond motifs is 5. The molecule has 0 heterocycles. The van der Waals surface area contributed by atoms with Crippen LogP contribution in [0.15, 0.2) is 40.8 Å². The Balaban J connectivity index is 1.35. The van der Waals surface area contributed by atoms with Gasteiger partial charge >= 0.3 is 0 Å². The lowest BCUT2D eigenvalue weighted by molar-refractivity contribution is -0.130. The fourth-order valence-corrected chi connectivity index (χ4v) is 11.4. The number of hydrogen-bond acceptors (Lipinski definition) is 4. The first-order valence-corrected chi connectivity index (χ1v) is 17.6. The first-order valence-electron chi connectivity index (χ1n) is 16.1. The van der Waals surface area contributed by atoms with Crippen LogP contribution in [0.3, 0.4) is 0 Å². The zero-order chi connectivity index (χ0) is 29.1. The number of allylic oxidation sites excluding steroid dienone is 1. The molecule has 0 aromatic heterocycles. The Morgan fingerprint density at radius 2 is 1.68 bits per heavy atom. The summed E-state index contributed by atoms with van der Waals surface area (Å²) in [5.41, 5.74) is 10.1. The third-order valence-corrected chi connectivity index (χ3v) is 14.2. The van der Waals surface area contributed by atoms with E-state index in [4.69, 9.17) is 9.92 Å². The van der Waals surface area contributed by atoms with Crippen molar-refractivity contribution in [3.63, 3.8) is 0 Å². The fraction of sp³-hybridized carbons (Fsp3) is 0.771. The van der Waals surface area contributed by atoms with Crippen LogP contribution in [0.4, 0.5) is 0 Å². The molecule has 1 aromatic carbocycles. The fourth-order valence-electron chi connectivity index (χ4n) is 10.3. The van der Waals surface area contributed by atoms with Gasteiger partial charge in [0.05, 0.1) is 11.0 Å². The van der Waals surface area contributed by atoms with Crippen molar-refractivity contribution >= 4 is 10.1 Å². The highest BCUT2D eigenvalue weighted by Gasteiger charge is 2.69. The van der Waals surface area contributed by atoms with Crippen LogP contribution in [0.5, 0.6) is 0 Å². The maximum Gasteiger partial charge on any atom is 0.297 e. The normalized spacial score (nSPS) is 40.2. The predicted molar refractivity (Wildman–Crippen MR) is 164 cm³/mol. The van der Waals surface area contributed by atoms with Gasteiger partial charge in [0.2, 0.25) is 0 Å². The van der Waals surface area contributed by atoms with Gasteiger partial charge in [-0.3, -0.25) is 4.18 Å². The minimum Gasteiger partial charge on any atom is -0.324 e. The average molecular weight is 570 g/mol. The molecule has 3 unspecified atom stereocenters. The number of nitrogens with two attached hydrogens (primary N) is 1. The number of benzene rings is 1. The van der Waals surface area contributed by atoms with E-state index in [1.165, 1.54) is 44.1 Å². The van der Waals surface area contributed by atoms with E-state index in [-0.39, 0.29) is 27.4 Å². The number of aryl methyl sites for hydroxylation is 1. The molecule has 1 aromatic rings. The molecule has 3 saturated carbocycles. The molecule has 224 valence electrons. The van der Waals surface area contributed by atoms with Crippen LogP contribution >= 0.6 is 0 Å². The topological polar surface area (TPSA) is 69.4 Å². The van der Waals surface area contributed by atoms with Crippen LogP contribution in [0, 0.1) is 46.8 Å². The highest BCUT2D eigenvalue weighted by Crippen LogP contribution is 2.72. The third-order valence-electron chi connectivity index (χ3n) is 12.8. The van der Waals surface area contributed by atoms with Gasteiger partial charge in [-0.15, -0.1) is 0 Å². The molecule has 4 nitrogen and oxygen atoms in total. The molecule has 5 rings (SSSR count). The van der Waals surface area contributed by atoms with Crippen molar-refractivity contribution in [2.24, 2.45) is 45.7 Å². The predicted octanol–water partition coefficient (Wildman–Crippen LogP) is 8.58. The van der Waals surface area contributed by atoms with E-state index in [0.717, 1.165) is 49.0 Å². The molecule has 4 aliphatic carbocycles. The van der Waals surface area contributed by atoms with Crippen molar-refractivity contribution < 1.29 is 12.6 Å². The molecule has 5 heteroatoms. The minimum absolute atomic E-state index is 0.0618. The van der Waals surface area contributed by atoms with Crippen molar-refractivity contribution in [3.05, 3.63) is 41.5 Å². The summed E-state index contributed by atoms with van der Waals surface area (Å²) in [5, 5.41) is 0. The average Bonchev–Trinajstić information content (AvgIpc) is 3.24. The molecule has 4 aliphatic rings. The van der Waals surface area contributed by atoms with Crippen LogP contribution in [0.25, 0.3) is 0 Å². The monoisotopic (exact) mass is 569 g/mol. The van der Waals surface area contributed by atoms with Gasteiger partial charge in [-0.1, -0.05) is 90.2 Å². The second-order valence-corrected chi connectivity index (χ2v) is 17.0. The maximum absolute atomic E-state index is 13.1. The smallest absolute Gasteiger partial charge is 0.297 e. The summed E-state index contributed by atoms with van der Waals surface area (Å²) < 4.78 is 32.0. The Bertz CT molecular complexity index is 1220. The van der Waals surface area contributed by atoms with Crippen molar-refractivity contribution in [1.29, 1.82) is 0 Å². The van der Waals surface area contributed by atoms with E-state index in [1.807, 2.05) is 19.1 Å². The molecule has 8 atom stereocenters. The number of rotatable bonds is 8. The van der Waals surface area contributed by atoms with Gasteiger partial charge in [0.1, 0.15) is 0 Å². The lowest BCUT2D eigenvalue weighted by atomic mass is 9.38. The van der Waals surface area contributed by atoms with Crippen molar-refractivity contribution in [2.45, 2.75) is 136 Å². The molecule has 0 radical (unpaired) electrons. The molecule has 0 bridgehead atoms. The third kappa shape index (κ3) is 4.74. The van der Waals surface area contributed by atoms with Crippen LogP contribution in [-0.4, -0.2) is 20.1 Å². The van der Waals surface area contributed by atoms with Crippen LogP contribution in [0.2, 0.25) is 0 Å². The van der Waals surface area contributed by atoms with E-state index < -0.39 is 10.1 Å². The molecule has 0 amide bonds. The zero-order valence-corrected chi connectivity index (χ0v) is 27.1. The van der Waals surface area contributed by atoms with Crippen LogP contribution < -0.4 is 5.73 Å². The van der Waals surface area contributed by atoms with E-state index in [9.17, 15) is 8.42 Å². The Morgan fingerprint density at radius 1 is 0.975 bits per heavy atom. The summed E-state index contributed by atoms with van der Waals surface area (Å²) in [6, 6.07) is 6.95. The lowest BCUT2D eigenvalue weighted by Crippen LogP contribution is -2.72. The van der Waals surface area contributed by atoms with Gasteiger partial charge in [0.25, 0.3) is 10.1 Å². The first kappa shape index (κ1) is 30.3. The van der Waals surface area contributed by atoms with E-state index in [1.54, 1.807) is 12.1 Å². The highest BCUT2D eigenvalue weighted by atomic mass is 32.2. The molecule has 40 heavy (non-hydrogen) atoms. The first-order chi connectivity index (χ1) is 18.7. The number of hydrogen-bond donors (Lipinski definition) is 1. The second-order valence-electron chi connectivity index (χ2n) is 15.4. The van der Waals surface area contributed by atoms with Gasteiger partial charge < -0.3 is 5.73 Å². The van der Waals surface area contributed by atoms with E-state index in [0.29, 0.717) is 17.8 Å². The molecule has 0 saturated heterocycles. The van der Waals surface area contributed by atoms with Crippen molar-refractivity contribution in [1.82, 2.24) is 0 Å². The Hall–Kier alpha value is -1.17. The largest absolute Gasteiger partial charge is 0.324 e. The van der Waals surface area contributed by atoms with Crippen molar-refractivity contribution in [3.8, 4) is 0 Å². The molecule has 0 aliphatic heterocycles. The van der Waals surface area contributed by atoms with Crippen molar-refractivity contribution in [2.75, 3.05) is 0 Å². The lowest BCUT2D eigenvalue weighted by Gasteiger charge is -2.69. The second kappa shape index (κ2) is 10.5. The Labute approximate surface area is 245 Å². The van der Waals surface area contributed by atoms with E-state index in [2.05, 4.69) is 47.6 Å². The van der Waals surface area contributed by atoms with Gasteiger partial charge in [-0.2, -0.15) is 8.42 Å². The van der Waals surface area contributed by atoms with E-state index >= 15 is 0 Å². The molecular weight excluding hydrogens is 514 g/mol. The van der Waals surface area contributed by atoms with Gasteiger partial charge in [0, 0.05) is 11.0 Å². The Morgan fingerprint density at radius 3 is 2.35 bits per heavy atom. The highest BCUT2D eigenvalue weighted by molar-refractivity contribution is 7.86. The standard InChI is InChI=1S/C35H55NO3S/c1-24(2)9-8-10-26(4)30-15-16-31-32(30,5)21-22-35(36)33(6)20-18-28(23-27(33)17-19-34(31,35)7)39-40(37,38)29-13-11-25(3)12-14-29/h11-14,17,24,26,28,30-31H,8-10,15-16,18-23,36H2,1-7H3/t26?,28-,30+,31+,32?,33-,34?,35-/m0/s1. The summed E-state index contributed by atoms with van der Waals surface area (Å²) in [4.78, 5) is 0.243. The summed E-state index contributed by atoms with van der Waals surface area (Å²) >= 11 is 0. The summed E-state index contributed by atoms with van der Waals surface area (Å²) in [5.74, 6) is 3.00. The van der Waals surface area contributed by atoms with Crippen LogP contribution in [0.1, 0.15) is 118 Å². The molecule has 3 fully saturated rings. The summed E-state index contributed by atoms with van der Waals surface area (Å²) in [6.45, 7) is 16.7. The summed E-state index contributed by atoms with van der Waals surface area (Å²) in [7, 11) is -3.79. The zero-order valence-electron chi connectivity index (χ0n) is 26.3. The van der Waals surface area contributed by atoms with Gasteiger partial charge in [-0.05, 0) is 105 Å². The molecular formula is C35H55NO3S. The van der Waals surface area contributed by atoms with Gasteiger partial charge in [0.15, 0.2) is 0 Å². The van der Waals surface area contributed by atoms with Crippen LogP contribution in [-0.2, 0) is 14.3 Å². The molecule has 2 N–H and O–H groups in total. The van der Waals surface area contributed by atoms with Gasteiger partial charge in [-0.25, -0.2) is 0 Å². The summed E-state index contributed by atoms with van der Waals surface area (Å²) in [6.07, 6.45) is 14.4. The SMILES string of the molecule is Cc1ccc(S(=O)(=O)O[C@H]2CC[C@@]3(C)C(=CCC4(C)[C@@H]5CC[C@H](C(C)CCCC(C)C)C5(C)CC[C@@]43N)C2)cc1. The maximum atomic E-state index is 13.1. The molecule has 0 spiro atoms. The Kier molecular flexibility index (Phi) is 7.97. The quantitative estimate of drug-likeness (QED) is 0.251.